The van der Waals surface area contributed by atoms with Crippen LogP contribution >= 0.6 is 11.8 Å². The molecule has 2 atom stereocenters. The maximum Gasteiger partial charge on any atom is 0.262 e. The second-order valence-corrected chi connectivity index (χ2v) is 8.23. The quantitative estimate of drug-likeness (QED) is 0.369. The van der Waals surface area contributed by atoms with Crippen LogP contribution in [0, 0.1) is 0 Å². The van der Waals surface area contributed by atoms with Crippen LogP contribution in [0.2, 0.25) is 0 Å². The molecule has 30 heavy (non-hydrogen) atoms. The molecular weight excluding hydrogens is 398 g/mol. The zero-order valence-corrected chi connectivity index (χ0v) is 17.4. The summed E-state index contributed by atoms with van der Waals surface area (Å²) in [7, 11) is 0. The van der Waals surface area contributed by atoms with Gasteiger partial charge < -0.3 is 10.3 Å². The average molecular weight is 420 g/mol. The first-order valence-corrected chi connectivity index (χ1v) is 10.5. The number of nitrogens with zero attached hydrogens (tertiary/aromatic N) is 3. The van der Waals surface area contributed by atoms with Crippen LogP contribution in [0.4, 0.5) is 0 Å². The molecule has 0 saturated heterocycles. The van der Waals surface area contributed by atoms with Gasteiger partial charge in [0.1, 0.15) is 5.39 Å². The molecule has 0 radical (unpaired) electrons. The monoisotopic (exact) mass is 419 g/mol. The lowest BCUT2D eigenvalue weighted by Crippen LogP contribution is -2.33. The summed E-state index contributed by atoms with van der Waals surface area (Å²) in [5.74, 6) is -0.129. The number of thioether (sulfide) groups is 1. The molecular formula is C22H21N5O2S. The standard InChI is InChI=1S/C22H21N5O2S/c1-14(16-9-5-3-6-10-16)24-20(28)15(2)30-22-25-19-18(21(29)26-22)13-23-27(19)17-11-7-4-8-12-17/h3-15H,1-2H3,(H,24,28)(H,25,26,29)/t14-,15-/m0/s1. The summed E-state index contributed by atoms with van der Waals surface area (Å²) in [6, 6.07) is 19.1. The van der Waals surface area contributed by atoms with Gasteiger partial charge in [-0.2, -0.15) is 5.10 Å². The van der Waals surface area contributed by atoms with Gasteiger partial charge in [-0.3, -0.25) is 9.59 Å². The minimum Gasteiger partial charge on any atom is -0.349 e. The predicted molar refractivity (Wildman–Crippen MR) is 118 cm³/mol. The molecule has 0 unspecified atom stereocenters. The molecule has 0 aliphatic heterocycles. The fourth-order valence-electron chi connectivity index (χ4n) is 3.09. The summed E-state index contributed by atoms with van der Waals surface area (Å²) in [4.78, 5) is 32.5. The zero-order chi connectivity index (χ0) is 21.1. The summed E-state index contributed by atoms with van der Waals surface area (Å²) in [5.41, 5.74) is 2.01. The minimum absolute atomic E-state index is 0.115. The summed E-state index contributed by atoms with van der Waals surface area (Å²) in [6.07, 6.45) is 1.50. The SMILES string of the molecule is C[C@H](Sc1nc2c(cnn2-c2ccccc2)c(=O)[nH]1)C(=O)N[C@@H](C)c1ccccc1. The lowest BCUT2D eigenvalue weighted by Gasteiger charge is -2.17. The molecule has 2 heterocycles. The number of hydrogen-bond acceptors (Lipinski definition) is 5. The Labute approximate surface area is 177 Å². The zero-order valence-electron chi connectivity index (χ0n) is 16.6. The van der Waals surface area contributed by atoms with Crippen LogP contribution in [0.15, 0.2) is 76.8 Å². The number of nitrogens with one attached hydrogen (secondary N) is 2. The number of carbonyl (C=O) groups is 1. The summed E-state index contributed by atoms with van der Waals surface area (Å²) < 4.78 is 1.62. The second-order valence-electron chi connectivity index (χ2n) is 6.90. The Hall–Kier alpha value is -3.39. The molecule has 4 rings (SSSR count). The third kappa shape index (κ3) is 4.13. The van der Waals surface area contributed by atoms with E-state index >= 15 is 0 Å². The fraction of sp³-hybridized carbons (Fsp3) is 0.182. The Kier molecular flexibility index (Phi) is 5.67. The number of carbonyl (C=O) groups excluding carboxylic acids is 1. The van der Waals surface area contributed by atoms with Gasteiger partial charge in [0, 0.05) is 0 Å². The number of hydrogen-bond donors (Lipinski definition) is 2. The van der Waals surface area contributed by atoms with Gasteiger partial charge in [-0.15, -0.1) is 0 Å². The molecule has 0 bridgehead atoms. The highest BCUT2D eigenvalue weighted by atomic mass is 32.2. The Bertz CT molecular complexity index is 1220. The summed E-state index contributed by atoms with van der Waals surface area (Å²) >= 11 is 1.21. The van der Waals surface area contributed by atoms with E-state index < -0.39 is 5.25 Å². The fourth-order valence-corrected chi connectivity index (χ4v) is 3.89. The van der Waals surface area contributed by atoms with Crippen molar-refractivity contribution in [3.05, 3.63) is 82.8 Å². The first-order valence-electron chi connectivity index (χ1n) is 9.58. The summed E-state index contributed by atoms with van der Waals surface area (Å²) in [5, 5.41) is 7.64. The normalized spacial score (nSPS) is 13.1. The van der Waals surface area contributed by atoms with Crippen LogP contribution in [-0.2, 0) is 4.79 Å². The number of rotatable bonds is 6. The Balaban J connectivity index is 1.54. The number of benzene rings is 2. The van der Waals surface area contributed by atoms with Crippen molar-refractivity contribution >= 4 is 28.7 Å². The molecule has 0 spiro atoms. The molecule has 1 amide bonds. The minimum atomic E-state index is -0.440. The highest BCUT2D eigenvalue weighted by Gasteiger charge is 2.20. The number of amides is 1. The molecule has 0 aliphatic rings. The van der Waals surface area contributed by atoms with Gasteiger partial charge in [-0.05, 0) is 31.5 Å². The van der Waals surface area contributed by atoms with Crippen LogP contribution in [0.3, 0.4) is 0 Å². The first-order chi connectivity index (χ1) is 14.5. The second kappa shape index (κ2) is 8.54. The lowest BCUT2D eigenvalue weighted by atomic mass is 10.1. The highest BCUT2D eigenvalue weighted by Crippen LogP contribution is 2.22. The van der Waals surface area contributed by atoms with Crippen LogP contribution in [0.5, 0.6) is 0 Å². The number of fused-ring (bicyclic) bond motifs is 1. The van der Waals surface area contributed by atoms with E-state index in [1.807, 2.05) is 67.6 Å². The van der Waals surface area contributed by atoms with E-state index in [9.17, 15) is 9.59 Å². The third-order valence-electron chi connectivity index (χ3n) is 4.73. The molecule has 2 aromatic heterocycles. The van der Waals surface area contributed by atoms with Gasteiger partial charge in [-0.25, -0.2) is 9.67 Å². The van der Waals surface area contributed by atoms with E-state index in [-0.39, 0.29) is 17.5 Å². The van der Waals surface area contributed by atoms with Crippen molar-refractivity contribution in [3.8, 4) is 5.69 Å². The Morgan fingerprint density at radius 3 is 2.43 bits per heavy atom. The molecule has 8 heteroatoms. The van der Waals surface area contributed by atoms with Gasteiger partial charge in [0.2, 0.25) is 5.91 Å². The van der Waals surface area contributed by atoms with E-state index in [4.69, 9.17) is 0 Å². The molecule has 0 aliphatic carbocycles. The molecule has 7 nitrogen and oxygen atoms in total. The topological polar surface area (TPSA) is 92.7 Å². The van der Waals surface area contributed by atoms with Crippen molar-refractivity contribution in [2.24, 2.45) is 0 Å². The van der Waals surface area contributed by atoms with Crippen LogP contribution in [-0.4, -0.2) is 30.9 Å². The molecule has 0 fully saturated rings. The largest absolute Gasteiger partial charge is 0.349 e. The number of aromatic amines is 1. The van der Waals surface area contributed by atoms with Crippen molar-refractivity contribution in [3.63, 3.8) is 0 Å². The van der Waals surface area contributed by atoms with Crippen LogP contribution in [0.25, 0.3) is 16.7 Å². The van der Waals surface area contributed by atoms with Crippen molar-refractivity contribution in [2.75, 3.05) is 0 Å². The van der Waals surface area contributed by atoms with Gasteiger partial charge in [0.05, 0.1) is 23.2 Å². The van der Waals surface area contributed by atoms with E-state index in [2.05, 4.69) is 20.4 Å². The van der Waals surface area contributed by atoms with E-state index in [1.54, 1.807) is 11.6 Å². The smallest absolute Gasteiger partial charge is 0.262 e. The number of aromatic nitrogens is 4. The molecule has 152 valence electrons. The van der Waals surface area contributed by atoms with Crippen molar-refractivity contribution in [1.82, 2.24) is 25.1 Å². The average Bonchev–Trinajstić information content (AvgIpc) is 3.19. The Morgan fingerprint density at radius 2 is 1.73 bits per heavy atom. The molecule has 2 N–H and O–H groups in total. The van der Waals surface area contributed by atoms with Crippen molar-refractivity contribution < 1.29 is 4.79 Å². The number of H-pyrrole nitrogens is 1. The number of para-hydroxylation sites is 1. The van der Waals surface area contributed by atoms with Crippen LogP contribution in [0.1, 0.15) is 25.5 Å². The van der Waals surface area contributed by atoms with E-state index in [1.165, 1.54) is 18.0 Å². The van der Waals surface area contributed by atoms with Crippen molar-refractivity contribution in [2.45, 2.75) is 30.3 Å². The third-order valence-corrected chi connectivity index (χ3v) is 5.72. The maximum atomic E-state index is 12.6. The predicted octanol–water partition coefficient (Wildman–Crippen LogP) is 3.47. The van der Waals surface area contributed by atoms with Gasteiger partial charge >= 0.3 is 0 Å². The Morgan fingerprint density at radius 1 is 1.07 bits per heavy atom. The highest BCUT2D eigenvalue weighted by molar-refractivity contribution is 8.00. The maximum absolute atomic E-state index is 12.6. The van der Waals surface area contributed by atoms with Crippen LogP contribution < -0.4 is 10.9 Å². The van der Waals surface area contributed by atoms with Gasteiger partial charge in [0.25, 0.3) is 5.56 Å². The first kappa shape index (κ1) is 19.9. The van der Waals surface area contributed by atoms with Gasteiger partial charge in [-0.1, -0.05) is 60.3 Å². The molecule has 2 aromatic carbocycles. The van der Waals surface area contributed by atoms with Crippen molar-refractivity contribution in [1.29, 1.82) is 0 Å². The summed E-state index contributed by atoms with van der Waals surface area (Å²) in [6.45, 7) is 3.73. The van der Waals surface area contributed by atoms with Gasteiger partial charge in [0.15, 0.2) is 10.8 Å². The van der Waals surface area contributed by atoms with E-state index in [0.717, 1.165) is 11.3 Å². The molecule has 0 saturated carbocycles. The molecule has 4 aromatic rings. The lowest BCUT2D eigenvalue weighted by molar-refractivity contribution is -0.120. The van der Waals surface area contributed by atoms with E-state index in [0.29, 0.717) is 16.2 Å².